The number of nitrogens with one attached hydrogen (secondary N) is 2. The molecular weight excluding hydrogens is 316 g/mol. The van der Waals surface area contributed by atoms with Crippen molar-refractivity contribution in [1.82, 2.24) is 10.0 Å². The predicted molar refractivity (Wildman–Crippen MR) is 87.9 cm³/mol. The normalized spacial score (nSPS) is 17.7. The third kappa shape index (κ3) is 4.31. The molecule has 1 aromatic rings. The molecule has 7 heteroatoms. The van der Waals surface area contributed by atoms with Crippen LogP contribution in [0.4, 0.5) is 0 Å². The lowest BCUT2D eigenvalue weighted by Gasteiger charge is -2.34. The minimum absolute atomic E-state index is 0.0285. The van der Waals surface area contributed by atoms with Crippen molar-refractivity contribution in [1.29, 1.82) is 0 Å². The van der Waals surface area contributed by atoms with Gasteiger partial charge >= 0.3 is 5.97 Å². The third-order valence-electron chi connectivity index (χ3n) is 4.41. The van der Waals surface area contributed by atoms with Crippen LogP contribution >= 0.6 is 0 Å². The van der Waals surface area contributed by atoms with Gasteiger partial charge in [0.05, 0.1) is 17.6 Å². The zero-order valence-electron chi connectivity index (χ0n) is 13.8. The van der Waals surface area contributed by atoms with E-state index in [1.165, 1.54) is 25.3 Å². The van der Waals surface area contributed by atoms with Crippen LogP contribution in [0.3, 0.4) is 0 Å². The van der Waals surface area contributed by atoms with Crippen molar-refractivity contribution in [3.63, 3.8) is 0 Å². The van der Waals surface area contributed by atoms with E-state index in [1.54, 1.807) is 6.92 Å². The second kappa shape index (κ2) is 6.98. The quantitative estimate of drug-likeness (QED) is 0.793. The molecule has 0 radical (unpaired) electrons. The number of piperidine rings is 1. The molecule has 1 fully saturated rings. The molecule has 0 aliphatic carbocycles. The summed E-state index contributed by atoms with van der Waals surface area (Å²) in [6, 6.07) is 4.42. The van der Waals surface area contributed by atoms with Gasteiger partial charge in [0.2, 0.25) is 10.0 Å². The largest absolute Gasteiger partial charge is 0.465 e. The molecule has 0 aromatic heterocycles. The lowest BCUT2D eigenvalue weighted by atomic mass is 9.81. The minimum atomic E-state index is -3.59. The molecule has 23 heavy (non-hydrogen) atoms. The smallest absolute Gasteiger partial charge is 0.338 e. The highest BCUT2D eigenvalue weighted by Gasteiger charge is 2.29. The number of benzene rings is 1. The van der Waals surface area contributed by atoms with Crippen LogP contribution in [0.1, 0.15) is 35.7 Å². The van der Waals surface area contributed by atoms with E-state index in [9.17, 15) is 13.2 Å². The van der Waals surface area contributed by atoms with Gasteiger partial charge in [-0.15, -0.1) is 0 Å². The van der Waals surface area contributed by atoms with Crippen LogP contribution in [-0.2, 0) is 14.8 Å². The standard InChI is InChI=1S/C16H24N2O4S/c1-12-10-13(4-5-14(12)15(19)22-3)23(20,21)18-11-16(2)6-8-17-9-7-16/h4-5,10,17-18H,6-9,11H2,1-3H3. The highest BCUT2D eigenvalue weighted by molar-refractivity contribution is 7.89. The molecule has 1 aliphatic heterocycles. The summed E-state index contributed by atoms with van der Waals surface area (Å²) in [5.41, 5.74) is 0.920. The maximum atomic E-state index is 12.5. The van der Waals surface area contributed by atoms with E-state index in [-0.39, 0.29) is 10.3 Å². The van der Waals surface area contributed by atoms with E-state index in [2.05, 4.69) is 21.7 Å². The molecule has 0 unspecified atom stereocenters. The molecule has 2 rings (SSSR count). The minimum Gasteiger partial charge on any atom is -0.465 e. The SMILES string of the molecule is COC(=O)c1ccc(S(=O)(=O)NCC2(C)CCNCC2)cc1C. The molecule has 128 valence electrons. The van der Waals surface area contributed by atoms with Crippen LogP contribution in [0.2, 0.25) is 0 Å². The van der Waals surface area contributed by atoms with Gasteiger partial charge in [0.1, 0.15) is 0 Å². The van der Waals surface area contributed by atoms with Crippen molar-refractivity contribution in [3.8, 4) is 0 Å². The van der Waals surface area contributed by atoms with Gasteiger partial charge in [-0.3, -0.25) is 0 Å². The summed E-state index contributed by atoms with van der Waals surface area (Å²) >= 11 is 0. The van der Waals surface area contributed by atoms with Gasteiger partial charge < -0.3 is 10.1 Å². The third-order valence-corrected chi connectivity index (χ3v) is 5.81. The molecule has 6 nitrogen and oxygen atoms in total. The number of ether oxygens (including phenoxy) is 1. The topological polar surface area (TPSA) is 84.5 Å². The van der Waals surface area contributed by atoms with Crippen LogP contribution < -0.4 is 10.0 Å². The number of sulfonamides is 1. The highest BCUT2D eigenvalue weighted by atomic mass is 32.2. The Morgan fingerprint density at radius 2 is 2.00 bits per heavy atom. The Hall–Kier alpha value is -1.44. The Morgan fingerprint density at radius 1 is 1.35 bits per heavy atom. The van der Waals surface area contributed by atoms with Gasteiger partial charge in [0.15, 0.2) is 0 Å². The highest BCUT2D eigenvalue weighted by Crippen LogP contribution is 2.27. The van der Waals surface area contributed by atoms with E-state index in [0.29, 0.717) is 17.7 Å². The number of hydrogen-bond donors (Lipinski definition) is 2. The number of rotatable bonds is 5. The average Bonchev–Trinajstić information content (AvgIpc) is 2.53. The molecule has 0 saturated carbocycles. The number of aryl methyl sites for hydroxylation is 1. The molecule has 0 amide bonds. The molecular formula is C16H24N2O4S. The molecule has 0 atom stereocenters. The molecule has 2 N–H and O–H groups in total. The maximum absolute atomic E-state index is 12.5. The van der Waals surface area contributed by atoms with E-state index in [4.69, 9.17) is 0 Å². The molecule has 1 saturated heterocycles. The van der Waals surface area contributed by atoms with Crippen molar-refractivity contribution in [2.45, 2.75) is 31.6 Å². The Morgan fingerprint density at radius 3 is 2.57 bits per heavy atom. The summed E-state index contributed by atoms with van der Waals surface area (Å²) in [5, 5.41) is 3.28. The van der Waals surface area contributed by atoms with Crippen molar-refractivity contribution < 1.29 is 17.9 Å². The molecule has 0 spiro atoms. The van der Waals surface area contributed by atoms with Crippen LogP contribution in [0.15, 0.2) is 23.1 Å². The lowest BCUT2D eigenvalue weighted by Crippen LogP contribution is -2.42. The Labute approximate surface area is 137 Å². The fraction of sp³-hybridized carbons (Fsp3) is 0.562. The monoisotopic (exact) mass is 340 g/mol. The first-order valence-electron chi connectivity index (χ1n) is 7.67. The molecule has 1 aromatic carbocycles. The van der Waals surface area contributed by atoms with Gasteiger partial charge in [0, 0.05) is 6.54 Å². The van der Waals surface area contributed by atoms with E-state index in [1.807, 2.05) is 0 Å². The summed E-state index contributed by atoms with van der Waals surface area (Å²) < 4.78 is 32.3. The fourth-order valence-corrected chi connectivity index (χ4v) is 3.99. The van der Waals surface area contributed by atoms with Crippen molar-refractivity contribution in [2.75, 3.05) is 26.7 Å². The number of carbonyl (C=O) groups excluding carboxylic acids is 1. The Kier molecular flexibility index (Phi) is 5.44. The second-order valence-corrected chi connectivity index (χ2v) is 8.12. The van der Waals surface area contributed by atoms with E-state index < -0.39 is 16.0 Å². The van der Waals surface area contributed by atoms with Gasteiger partial charge in [-0.2, -0.15) is 0 Å². The molecule has 1 heterocycles. The van der Waals surface area contributed by atoms with Gasteiger partial charge in [-0.1, -0.05) is 6.92 Å². The predicted octanol–water partition coefficient (Wildman–Crippen LogP) is 1.45. The van der Waals surface area contributed by atoms with Crippen molar-refractivity contribution >= 4 is 16.0 Å². The number of esters is 1. The van der Waals surface area contributed by atoms with Gasteiger partial charge in [-0.25, -0.2) is 17.9 Å². The Bertz CT molecular complexity index is 679. The maximum Gasteiger partial charge on any atom is 0.338 e. The summed E-state index contributed by atoms with van der Waals surface area (Å²) in [6.45, 7) is 6.02. The molecule has 0 bridgehead atoms. The van der Waals surface area contributed by atoms with Crippen LogP contribution in [-0.4, -0.2) is 41.1 Å². The summed E-state index contributed by atoms with van der Waals surface area (Å²) in [5.74, 6) is -0.471. The number of methoxy groups -OCH3 is 1. The van der Waals surface area contributed by atoms with Crippen LogP contribution in [0.25, 0.3) is 0 Å². The summed E-state index contributed by atoms with van der Waals surface area (Å²) in [4.78, 5) is 11.7. The second-order valence-electron chi connectivity index (χ2n) is 6.35. The average molecular weight is 340 g/mol. The summed E-state index contributed by atoms with van der Waals surface area (Å²) in [7, 11) is -2.29. The number of hydrogen-bond acceptors (Lipinski definition) is 5. The lowest BCUT2D eigenvalue weighted by molar-refractivity contribution is 0.0600. The first-order valence-corrected chi connectivity index (χ1v) is 9.15. The fourth-order valence-electron chi connectivity index (χ4n) is 2.70. The first-order chi connectivity index (χ1) is 10.8. The zero-order valence-corrected chi connectivity index (χ0v) is 14.6. The Balaban J connectivity index is 2.13. The van der Waals surface area contributed by atoms with E-state index >= 15 is 0 Å². The van der Waals surface area contributed by atoms with Crippen LogP contribution in [0.5, 0.6) is 0 Å². The van der Waals surface area contributed by atoms with E-state index in [0.717, 1.165) is 25.9 Å². The number of carbonyl (C=O) groups is 1. The first kappa shape index (κ1) is 17.9. The van der Waals surface area contributed by atoms with Gasteiger partial charge in [-0.05, 0) is 62.0 Å². The zero-order chi connectivity index (χ0) is 17.1. The van der Waals surface area contributed by atoms with Gasteiger partial charge in [0.25, 0.3) is 0 Å². The van der Waals surface area contributed by atoms with Crippen molar-refractivity contribution in [3.05, 3.63) is 29.3 Å². The molecule has 1 aliphatic rings. The van der Waals surface area contributed by atoms with Crippen molar-refractivity contribution in [2.24, 2.45) is 5.41 Å². The van der Waals surface area contributed by atoms with Crippen LogP contribution in [0, 0.1) is 12.3 Å². The summed E-state index contributed by atoms with van der Waals surface area (Å²) in [6.07, 6.45) is 1.88.